The maximum atomic E-state index is 13.8. The van der Waals surface area contributed by atoms with E-state index in [1.54, 1.807) is 0 Å². The Kier molecular flexibility index (Phi) is 3.79. The van der Waals surface area contributed by atoms with E-state index in [2.05, 4.69) is 14.9 Å². The van der Waals surface area contributed by atoms with Gasteiger partial charge < -0.3 is 24.5 Å². The molecule has 1 amide bonds. The highest BCUT2D eigenvalue weighted by atomic mass is 19.3. The standard InChI is InChI=1S/C16H17F2N3O6/c1-25-14(24)27-8-26-12-9(22)3-5-21-11(12)13(23)20-7-15(6-16(15,17)18)4-2-10(20)19-21/h3,5,10,19H,2,4,6-8H2,1H3/t10-,15?/m0/s1. The van der Waals surface area contributed by atoms with Gasteiger partial charge in [0.1, 0.15) is 6.17 Å². The summed E-state index contributed by atoms with van der Waals surface area (Å²) in [5.74, 6) is -3.70. The van der Waals surface area contributed by atoms with Gasteiger partial charge >= 0.3 is 6.16 Å². The minimum atomic E-state index is -2.78. The average molecular weight is 385 g/mol. The molecule has 3 aliphatic rings. The largest absolute Gasteiger partial charge is 0.510 e. The predicted molar refractivity (Wildman–Crippen MR) is 85.1 cm³/mol. The lowest BCUT2D eigenvalue weighted by atomic mass is 9.91. The molecule has 1 saturated heterocycles. The Morgan fingerprint density at radius 2 is 2.15 bits per heavy atom. The van der Waals surface area contributed by atoms with Crippen molar-refractivity contribution in [2.45, 2.75) is 31.4 Å². The Balaban J connectivity index is 1.61. The maximum Gasteiger partial charge on any atom is 0.510 e. The first-order valence-corrected chi connectivity index (χ1v) is 8.32. The first-order valence-electron chi connectivity index (χ1n) is 8.32. The van der Waals surface area contributed by atoms with Gasteiger partial charge in [-0.15, -0.1) is 0 Å². The van der Waals surface area contributed by atoms with Crippen LogP contribution in [0.3, 0.4) is 0 Å². The van der Waals surface area contributed by atoms with Gasteiger partial charge in [0, 0.05) is 25.2 Å². The van der Waals surface area contributed by atoms with Gasteiger partial charge in [0.2, 0.25) is 18.0 Å². The highest BCUT2D eigenvalue weighted by Gasteiger charge is 2.72. The van der Waals surface area contributed by atoms with Crippen molar-refractivity contribution in [2.24, 2.45) is 5.41 Å². The molecule has 2 atom stereocenters. The Hall–Kier alpha value is -2.85. The van der Waals surface area contributed by atoms with Crippen molar-refractivity contribution in [3.05, 3.63) is 28.2 Å². The first kappa shape index (κ1) is 17.6. The van der Waals surface area contributed by atoms with E-state index < -0.39 is 41.8 Å². The van der Waals surface area contributed by atoms with Crippen molar-refractivity contribution in [1.82, 2.24) is 9.58 Å². The number of nitrogens with zero attached hydrogens (tertiary/aromatic N) is 2. The van der Waals surface area contributed by atoms with E-state index in [9.17, 15) is 23.2 Å². The van der Waals surface area contributed by atoms with E-state index in [1.807, 2.05) is 0 Å². The fourth-order valence-electron chi connectivity index (χ4n) is 3.71. The zero-order valence-corrected chi connectivity index (χ0v) is 14.4. The molecule has 146 valence electrons. The van der Waals surface area contributed by atoms with Gasteiger partial charge in [-0.05, 0) is 12.8 Å². The Morgan fingerprint density at radius 1 is 1.41 bits per heavy atom. The second kappa shape index (κ2) is 5.83. The third kappa shape index (κ3) is 2.68. The number of fused-ring (bicyclic) bond motifs is 2. The Bertz CT molecular complexity index is 872. The van der Waals surface area contributed by atoms with E-state index in [0.717, 1.165) is 7.11 Å². The number of carbonyl (C=O) groups excluding carboxylic acids is 2. The molecule has 3 heterocycles. The van der Waals surface area contributed by atoms with Crippen molar-refractivity contribution >= 4 is 12.1 Å². The quantitative estimate of drug-likeness (QED) is 0.615. The van der Waals surface area contributed by atoms with Gasteiger partial charge in [-0.3, -0.25) is 14.3 Å². The monoisotopic (exact) mass is 385 g/mol. The van der Waals surface area contributed by atoms with Gasteiger partial charge in [0.05, 0.1) is 12.5 Å². The first-order chi connectivity index (χ1) is 12.8. The van der Waals surface area contributed by atoms with Crippen LogP contribution in [-0.4, -0.2) is 54.2 Å². The van der Waals surface area contributed by atoms with Crippen LogP contribution in [0.1, 0.15) is 29.8 Å². The van der Waals surface area contributed by atoms with E-state index in [1.165, 1.54) is 21.8 Å². The van der Waals surface area contributed by atoms with Crippen molar-refractivity contribution in [1.29, 1.82) is 0 Å². The van der Waals surface area contributed by atoms with Crippen LogP contribution in [0.25, 0.3) is 0 Å². The third-order valence-corrected chi connectivity index (χ3v) is 5.31. The fraction of sp³-hybridized carbons (Fsp3) is 0.562. The number of methoxy groups -OCH3 is 1. The number of hydrogen-bond donors (Lipinski definition) is 1. The number of amides is 1. The normalized spacial score (nSPS) is 27.3. The number of hydrogen-bond acceptors (Lipinski definition) is 7. The molecule has 11 heteroatoms. The lowest BCUT2D eigenvalue weighted by Crippen LogP contribution is -2.58. The molecule has 1 aliphatic carbocycles. The van der Waals surface area contributed by atoms with Crippen molar-refractivity contribution in [3.8, 4) is 5.75 Å². The Morgan fingerprint density at radius 3 is 2.81 bits per heavy atom. The molecule has 2 aliphatic heterocycles. The SMILES string of the molecule is COC(=O)OCOc1c2n(ccc1=O)N[C@@H]1CCC3(CN1C2=O)CC3(F)F. The maximum absolute atomic E-state index is 13.8. The number of alkyl halides is 2. The number of pyridine rings is 1. The smallest absolute Gasteiger partial charge is 0.451 e. The van der Waals surface area contributed by atoms with E-state index >= 15 is 0 Å². The molecule has 4 rings (SSSR count). The lowest BCUT2D eigenvalue weighted by molar-refractivity contribution is 0.00391. The number of halogens is 2. The van der Waals surface area contributed by atoms with Crippen LogP contribution in [0.2, 0.25) is 0 Å². The van der Waals surface area contributed by atoms with Crippen LogP contribution in [0.5, 0.6) is 5.75 Å². The minimum Gasteiger partial charge on any atom is -0.451 e. The fourth-order valence-corrected chi connectivity index (χ4v) is 3.71. The molecule has 0 radical (unpaired) electrons. The number of aromatic nitrogens is 1. The number of carbonyl (C=O) groups is 2. The van der Waals surface area contributed by atoms with Crippen LogP contribution in [0.15, 0.2) is 17.1 Å². The van der Waals surface area contributed by atoms with Crippen LogP contribution >= 0.6 is 0 Å². The van der Waals surface area contributed by atoms with Crippen LogP contribution < -0.4 is 15.6 Å². The molecular weight excluding hydrogens is 368 g/mol. The minimum absolute atomic E-state index is 0.0995. The molecule has 1 unspecified atom stereocenters. The number of rotatable bonds is 3. The molecule has 1 aromatic heterocycles. The summed E-state index contributed by atoms with van der Waals surface area (Å²) in [6.45, 7) is -0.741. The number of nitrogens with one attached hydrogen (secondary N) is 1. The second-order valence-electron chi connectivity index (χ2n) is 6.87. The van der Waals surface area contributed by atoms with Gasteiger partial charge in [-0.2, -0.15) is 0 Å². The van der Waals surface area contributed by atoms with Crippen LogP contribution in [0.4, 0.5) is 13.6 Å². The van der Waals surface area contributed by atoms with Crippen molar-refractivity contribution in [2.75, 3.05) is 25.9 Å². The summed E-state index contributed by atoms with van der Waals surface area (Å²) < 4.78 is 42.9. The topological polar surface area (TPSA) is 99.1 Å². The van der Waals surface area contributed by atoms with Gasteiger partial charge in [-0.1, -0.05) is 0 Å². The summed E-state index contributed by atoms with van der Waals surface area (Å²) in [5, 5.41) is 0. The molecule has 0 bridgehead atoms. The van der Waals surface area contributed by atoms with Gasteiger partial charge in [0.25, 0.3) is 11.8 Å². The number of piperidine rings is 1. The molecule has 0 aromatic carbocycles. The molecule has 1 spiro atoms. The molecule has 1 aromatic rings. The summed E-state index contributed by atoms with van der Waals surface area (Å²) in [6, 6.07) is 1.19. The van der Waals surface area contributed by atoms with Gasteiger partial charge in [-0.25, -0.2) is 13.6 Å². The Labute approximate surface area is 151 Å². The molecule has 1 saturated carbocycles. The highest BCUT2D eigenvalue weighted by Crippen LogP contribution is 2.65. The summed E-state index contributed by atoms with van der Waals surface area (Å²) in [7, 11) is 1.11. The van der Waals surface area contributed by atoms with Crippen LogP contribution in [0, 0.1) is 5.41 Å². The summed E-state index contributed by atoms with van der Waals surface area (Å²) in [5.41, 5.74) is 1.10. The van der Waals surface area contributed by atoms with Crippen molar-refractivity contribution < 1.29 is 32.6 Å². The average Bonchev–Trinajstić information content (AvgIpc) is 3.16. The molecule has 2 fully saturated rings. The van der Waals surface area contributed by atoms with E-state index in [4.69, 9.17) is 4.74 Å². The molecular formula is C16H17F2N3O6. The molecule has 1 N–H and O–H groups in total. The lowest BCUT2D eigenvalue weighted by Gasteiger charge is -2.44. The highest BCUT2D eigenvalue weighted by molar-refractivity contribution is 5.96. The summed E-state index contributed by atoms with van der Waals surface area (Å²) in [6.07, 6.45) is 0.347. The van der Waals surface area contributed by atoms with Crippen LogP contribution in [-0.2, 0) is 9.47 Å². The zero-order valence-electron chi connectivity index (χ0n) is 14.4. The third-order valence-electron chi connectivity index (χ3n) is 5.31. The molecule has 27 heavy (non-hydrogen) atoms. The van der Waals surface area contributed by atoms with E-state index in [-0.39, 0.29) is 24.4 Å². The second-order valence-corrected chi connectivity index (χ2v) is 6.87. The predicted octanol–water partition coefficient (Wildman–Crippen LogP) is 1.11. The van der Waals surface area contributed by atoms with E-state index in [0.29, 0.717) is 12.8 Å². The van der Waals surface area contributed by atoms with Crippen molar-refractivity contribution in [3.63, 3.8) is 0 Å². The number of ether oxygens (including phenoxy) is 3. The molecule has 9 nitrogen and oxygen atoms in total. The van der Waals surface area contributed by atoms with Gasteiger partial charge in [0.15, 0.2) is 5.69 Å². The zero-order chi connectivity index (χ0) is 19.4. The summed E-state index contributed by atoms with van der Waals surface area (Å²) in [4.78, 5) is 37.4. The summed E-state index contributed by atoms with van der Waals surface area (Å²) >= 11 is 0.